The van der Waals surface area contributed by atoms with Crippen molar-refractivity contribution in [2.45, 2.75) is 6.92 Å². The van der Waals surface area contributed by atoms with Crippen molar-refractivity contribution < 1.29 is 4.79 Å². The number of rotatable bonds is 2. The van der Waals surface area contributed by atoms with E-state index in [2.05, 4.69) is 16.0 Å². The van der Waals surface area contributed by atoms with Gasteiger partial charge in [0.25, 0.3) is 0 Å². The number of nitrogens with zero attached hydrogens (tertiary/aromatic N) is 2. The van der Waals surface area contributed by atoms with Gasteiger partial charge in [0.15, 0.2) is 0 Å². The van der Waals surface area contributed by atoms with E-state index in [0.29, 0.717) is 5.69 Å². The van der Waals surface area contributed by atoms with E-state index in [1.807, 2.05) is 31.2 Å². The summed E-state index contributed by atoms with van der Waals surface area (Å²) in [6.45, 7) is 2.03. The third-order valence-corrected chi connectivity index (χ3v) is 2.25. The van der Waals surface area contributed by atoms with Gasteiger partial charge in [-0.2, -0.15) is 4.99 Å². The molecule has 1 aromatic heterocycles. The van der Waals surface area contributed by atoms with Gasteiger partial charge < -0.3 is 0 Å². The molecule has 0 atom stereocenters. The van der Waals surface area contributed by atoms with Gasteiger partial charge in [0.2, 0.25) is 6.08 Å². The molecule has 0 saturated heterocycles. The number of isocyanates is 1. The summed E-state index contributed by atoms with van der Waals surface area (Å²) in [5, 5.41) is 0. The van der Waals surface area contributed by atoms with Crippen LogP contribution in [0.2, 0.25) is 0 Å². The molecule has 0 fully saturated rings. The normalized spacial score (nSPS) is 9.56. The quantitative estimate of drug-likeness (QED) is 0.564. The number of carbonyl (C=O) groups excluding carboxylic acids is 1. The fourth-order valence-corrected chi connectivity index (χ4v) is 1.52. The number of hydrogen-bond donors (Lipinski definition) is 0. The minimum Gasteiger partial charge on any atom is -0.262 e. The first-order valence-corrected chi connectivity index (χ1v) is 4.89. The van der Waals surface area contributed by atoms with E-state index in [1.165, 1.54) is 17.8 Å². The van der Waals surface area contributed by atoms with Crippen molar-refractivity contribution in [1.29, 1.82) is 0 Å². The zero-order valence-electron chi connectivity index (χ0n) is 8.84. The van der Waals surface area contributed by atoms with Crippen LogP contribution in [0.25, 0.3) is 11.1 Å². The van der Waals surface area contributed by atoms with Crippen LogP contribution in [-0.4, -0.2) is 11.1 Å². The van der Waals surface area contributed by atoms with Gasteiger partial charge in [-0.25, -0.2) is 4.79 Å². The Kier molecular flexibility index (Phi) is 2.90. The van der Waals surface area contributed by atoms with Gasteiger partial charge in [-0.3, -0.25) is 4.98 Å². The zero-order valence-corrected chi connectivity index (χ0v) is 8.84. The van der Waals surface area contributed by atoms with E-state index in [1.54, 1.807) is 6.20 Å². The SMILES string of the molecule is Cc1cccc(-c2cncc(N=C=O)c2)c1. The summed E-state index contributed by atoms with van der Waals surface area (Å²) in [6.07, 6.45) is 4.79. The van der Waals surface area contributed by atoms with Gasteiger partial charge in [0.05, 0.1) is 11.9 Å². The average Bonchev–Trinajstić information content (AvgIpc) is 2.30. The molecule has 3 nitrogen and oxygen atoms in total. The second kappa shape index (κ2) is 4.51. The van der Waals surface area contributed by atoms with Crippen molar-refractivity contribution in [3.63, 3.8) is 0 Å². The van der Waals surface area contributed by atoms with Crippen LogP contribution in [0.3, 0.4) is 0 Å². The number of aryl methyl sites for hydroxylation is 1. The van der Waals surface area contributed by atoms with E-state index >= 15 is 0 Å². The highest BCUT2D eigenvalue weighted by atomic mass is 16.1. The van der Waals surface area contributed by atoms with Gasteiger partial charge >= 0.3 is 0 Å². The zero-order chi connectivity index (χ0) is 11.4. The molecule has 3 heteroatoms. The topological polar surface area (TPSA) is 42.3 Å². The Bertz CT molecular complexity index is 557. The minimum absolute atomic E-state index is 0.522. The maximum atomic E-state index is 10.2. The fourth-order valence-electron chi connectivity index (χ4n) is 1.52. The van der Waals surface area contributed by atoms with E-state index in [-0.39, 0.29) is 0 Å². The Morgan fingerprint density at radius 2 is 2.06 bits per heavy atom. The molecule has 0 aliphatic carbocycles. The number of pyridine rings is 1. The van der Waals surface area contributed by atoms with Gasteiger partial charge in [0, 0.05) is 11.8 Å². The second-order valence-corrected chi connectivity index (χ2v) is 3.50. The van der Waals surface area contributed by atoms with Gasteiger partial charge in [-0.05, 0) is 18.6 Å². The molecule has 0 aliphatic heterocycles. The van der Waals surface area contributed by atoms with Crippen molar-refractivity contribution in [1.82, 2.24) is 4.98 Å². The summed E-state index contributed by atoms with van der Waals surface area (Å²) in [6, 6.07) is 9.89. The van der Waals surface area contributed by atoms with Crippen LogP contribution < -0.4 is 0 Å². The highest BCUT2D eigenvalue weighted by Crippen LogP contribution is 2.23. The molecule has 0 unspecified atom stereocenters. The van der Waals surface area contributed by atoms with E-state index in [0.717, 1.165) is 11.1 Å². The second-order valence-electron chi connectivity index (χ2n) is 3.50. The Morgan fingerprint density at radius 1 is 1.19 bits per heavy atom. The summed E-state index contributed by atoms with van der Waals surface area (Å²) in [4.78, 5) is 17.7. The highest BCUT2D eigenvalue weighted by Gasteiger charge is 1.99. The molecule has 0 saturated carbocycles. The van der Waals surface area contributed by atoms with Crippen molar-refractivity contribution in [2.24, 2.45) is 4.99 Å². The lowest BCUT2D eigenvalue weighted by Crippen LogP contribution is -1.81. The summed E-state index contributed by atoms with van der Waals surface area (Å²) in [5.74, 6) is 0. The fraction of sp³-hybridized carbons (Fsp3) is 0.0769. The van der Waals surface area contributed by atoms with E-state index in [4.69, 9.17) is 0 Å². The first-order chi connectivity index (χ1) is 7.79. The lowest BCUT2D eigenvalue weighted by molar-refractivity contribution is 0.565. The van der Waals surface area contributed by atoms with Gasteiger partial charge in [-0.15, -0.1) is 0 Å². The maximum absolute atomic E-state index is 10.2. The lowest BCUT2D eigenvalue weighted by Gasteiger charge is -2.02. The van der Waals surface area contributed by atoms with Crippen LogP contribution in [0.15, 0.2) is 47.7 Å². The first-order valence-electron chi connectivity index (χ1n) is 4.89. The van der Waals surface area contributed by atoms with Crippen LogP contribution in [0.5, 0.6) is 0 Å². The first kappa shape index (κ1) is 10.3. The van der Waals surface area contributed by atoms with Crippen molar-refractivity contribution in [2.75, 3.05) is 0 Å². The summed E-state index contributed by atoms with van der Waals surface area (Å²) < 4.78 is 0. The molecule has 16 heavy (non-hydrogen) atoms. The Hall–Kier alpha value is -2.25. The standard InChI is InChI=1S/C13H10N2O/c1-10-3-2-4-11(5-10)12-6-13(15-9-16)8-14-7-12/h2-8H,1H3. The lowest BCUT2D eigenvalue weighted by atomic mass is 10.1. The van der Waals surface area contributed by atoms with Crippen molar-refractivity contribution in [3.8, 4) is 11.1 Å². The van der Waals surface area contributed by atoms with Gasteiger partial charge in [-0.1, -0.05) is 29.8 Å². The Labute approximate surface area is 93.5 Å². The van der Waals surface area contributed by atoms with Crippen molar-refractivity contribution in [3.05, 3.63) is 48.3 Å². The summed E-state index contributed by atoms with van der Waals surface area (Å²) >= 11 is 0. The maximum Gasteiger partial charge on any atom is 0.240 e. The largest absolute Gasteiger partial charge is 0.262 e. The smallest absolute Gasteiger partial charge is 0.240 e. The predicted octanol–water partition coefficient (Wildman–Crippen LogP) is 3.02. The predicted molar refractivity (Wildman–Crippen MR) is 62.2 cm³/mol. The minimum atomic E-state index is 0.522. The molecule has 1 aromatic carbocycles. The molecule has 0 aliphatic rings. The number of hydrogen-bond acceptors (Lipinski definition) is 3. The van der Waals surface area contributed by atoms with Crippen LogP contribution in [0.4, 0.5) is 5.69 Å². The van der Waals surface area contributed by atoms with Gasteiger partial charge in [0.1, 0.15) is 0 Å². The molecule has 0 amide bonds. The molecule has 2 aromatic rings. The molecular weight excluding hydrogens is 200 g/mol. The molecule has 0 spiro atoms. The summed E-state index contributed by atoms with van der Waals surface area (Å²) in [7, 11) is 0. The number of benzene rings is 1. The Morgan fingerprint density at radius 3 is 2.81 bits per heavy atom. The van der Waals surface area contributed by atoms with Crippen LogP contribution in [0.1, 0.15) is 5.56 Å². The number of aromatic nitrogens is 1. The third-order valence-electron chi connectivity index (χ3n) is 2.25. The molecular formula is C13H10N2O. The molecule has 2 rings (SSSR count). The number of aliphatic imine (C=N–C) groups is 1. The van der Waals surface area contributed by atoms with Crippen LogP contribution >= 0.6 is 0 Å². The average molecular weight is 210 g/mol. The highest BCUT2D eigenvalue weighted by molar-refractivity contribution is 5.67. The van der Waals surface area contributed by atoms with Crippen molar-refractivity contribution >= 4 is 11.8 Å². The third kappa shape index (κ3) is 2.22. The van der Waals surface area contributed by atoms with Crippen LogP contribution in [-0.2, 0) is 4.79 Å². The van der Waals surface area contributed by atoms with Crippen LogP contribution in [0, 0.1) is 6.92 Å². The molecule has 0 N–H and O–H groups in total. The molecule has 1 heterocycles. The van der Waals surface area contributed by atoms with E-state index < -0.39 is 0 Å². The Balaban J connectivity index is 2.48. The monoisotopic (exact) mass is 210 g/mol. The summed E-state index contributed by atoms with van der Waals surface area (Å²) in [5.41, 5.74) is 3.71. The molecule has 78 valence electrons. The molecule has 0 bridgehead atoms. The van der Waals surface area contributed by atoms with E-state index in [9.17, 15) is 4.79 Å². The molecule has 0 radical (unpaired) electrons.